The predicted molar refractivity (Wildman–Crippen MR) is 152 cm³/mol. The minimum Gasteiger partial charge on any atom is -0.198 e. The second-order valence-electron chi connectivity index (χ2n) is 11.2. The van der Waals surface area contributed by atoms with Crippen LogP contribution in [0.1, 0.15) is 134 Å². The zero-order valence-corrected chi connectivity index (χ0v) is 22.7. The largest absolute Gasteiger partial charge is 0.198 e. The number of rotatable bonds is 15. The van der Waals surface area contributed by atoms with E-state index in [1.54, 1.807) is 0 Å². The summed E-state index contributed by atoms with van der Waals surface area (Å²) in [6.07, 6.45) is 21.4. The maximum atomic E-state index is 9.89. The van der Waals surface area contributed by atoms with E-state index in [2.05, 4.69) is 68.4 Å². The highest BCUT2D eigenvalue weighted by molar-refractivity contribution is 5.64. The third kappa shape index (κ3) is 8.83. The Morgan fingerprint density at radius 2 is 1.20 bits per heavy atom. The highest BCUT2D eigenvalue weighted by Gasteiger charge is 2.35. The van der Waals surface area contributed by atoms with E-state index in [0.717, 1.165) is 32.1 Å². The van der Waals surface area contributed by atoms with Crippen molar-refractivity contribution in [3.8, 4) is 17.2 Å². The smallest absolute Gasteiger partial charge is 0.0689 e. The molecule has 0 amide bonds. The Morgan fingerprint density at radius 1 is 0.686 bits per heavy atom. The molecule has 2 aromatic rings. The van der Waals surface area contributed by atoms with Gasteiger partial charge in [0, 0.05) is 0 Å². The van der Waals surface area contributed by atoms with Gasteiger partial charge in [-0.15, -0.1) is 0 Å². The molecule has 2 aromatic carbocycles. The molecule has 0 heterocycles. The van der Waals surface area contributed by atoms with Crippen molar-refractivity contribution in [3.63, 3.8) is 0 Å². The topological polar surface area (TPSA) is 23.8 Å². The molecule has 0 spiro atoms. The molecule has 3 rings (SSSR count). The molecule has 190 valence electrons. The third-order valence-electron chi connectivity index (χ3n) is 8.43. The lowest BCUT2D eigenvalue weighted by Crippen LogP contribution is -2.25. The van der Waals surface area contributed by atoms with E-state index in [4.69, 9.17) is 0 Å². The van der Waals surface area contributed by atoms with Gasteiger partial charge in [0.25, 0.3) is 0 Å². The van der Waals surface area contributed by atoms with Gasteiger partial charge in [-0.1, -0.05) is 127 Å². The third-order valence-corrected chi connectivity index (χ3v) is 8.43. The van der Waals surface area contributed by atoms with E-state index in [1.165, 1.54) is 99.3 Å². The number of nitrogens with zero attached hydrogens (tertiary/aromatic N) is 1. The second-order valence-corrected chi connectivity index (χ2v) is 11.2. The van der Waals surface area contributed by atoms with Crippen molar-refractivity contribution in [3.05, 3.63) is 59.7 Å². The quantitative estimate of drug-likeness (QED) is 0.237. The summed E-state index contributed by atoms with van der Waals surface area (Å²) in [4.78, 5) is 0. The number of benzene rings is 2. The Kier molecular flexibility index (Phi) is 11.9. The first-order valence-corrected chi connectivity index (χ1v) is 14.8. The monoisotopic (exact) mass is 471 g/mol. The average Bonchev–Trinajstić information content (AvgIpc) is 2.91. The van der Waals surface area contributed by atoms with Crippen LogP contribution >= 0.6 is 0 Å². The molecule has 0 aliphatic heterocycles. The van der Waals surface area contributed by atoms with Gasteiger partial charge < -0.3 is 0 Å². The Morgan fingerprint density at radius 3 is 1.77 bits per heavy atom. The minimum atomic E-state index is -0.0546. The van der Waals surface area contributed by atoms with E-state index >= 15 is 0 Å². The van der Waals surface area contributed by atoms with Crippen molar-refractivity contribution < 1.29 is 0 Å². The fraction of sp³-hybridized carbons (Fsp3) is 0.618. The van der Waals surface area contributed by atoms with Crippen molar-refractivity contribution in [1.82, 2.24) is 0 Å². The molecule has 0 N–H and O–H groups in total. The lowest BCUT2D eigenvalue weighted by atomic mass is 9.67. The minimum absolute atomic E-state index is 0.0546. The first-order valence-electron chi connectivity index (χ1n) is 14.8. The fourth-order valence-electron chi connectivity index (χ4n) is 5.91. The van der Waals surface area contributed by atoms with Crippen LogP contribution in [-0.4, -0.2) is 0 Å². The van der Waals surface area contributed by atoms with E-state index in [9.17, 15) is 5.26 Å². The Hall–Kier alpha value is -2.07. The lowest BCUT2D eigenvalue weighted by molar-refractivity contribution is 0.223. The van der Waals surface area contributed by atoms with Gasteiger partial charge in [0.2, 0.25) is 0 Å². The Bertz CT molecular complexity index is 862. The molecule has 1 nitrogen and oxygen atoms in total. The van der Waals surface area contributed by atoms with Crippen LogP contribution in [0.5, 0.6) is 0 Å². The molecule has 1 aliphatic rings. The number of aryl methyl sites for hydroxylation is 1. The van der Waals surface area contributed by atoms with Crippen LogP contribution < -0.4 is 0 Å². The van der Waals surface area contributed by atoms with Gasteiger partial charge in [0.15, 0.2) is 0 Å². The van der Waals surface area contributed by atoms with E-state index < -0.39 is 0 Å². The number of hydrogen-bond acceptors (Lipinski definition) is 1. The van der Waals surface area contributed by atoms with Crippen LogP contribution in [0.25, 0.3) is 11.1 Å². The normalized spacial score (nSPS) is 20.0. The number of unbranched alkanes of at least 4 members (excludes halogenated alkanes) is 9. The molecule has 0 radical (unpaired) electrons. The zero-order valence-electron chi connectivity index (χ0n) is 22.7. The summed E-state index contributed by atoms with van der Waals surface area (Å²) in [5.74, 6) is 0.616. The first kappa shape index (κ1) is 27.5. The van der Waals surface area contributed by atoms with Crippen molar-refractivity contribution in [2.45, 2.75) is 129 Å². The molecule has 1 heteroatoms. The lowest BCUT2D eigenvalue weighted by Gasteiger charge is -2.35. The molecule has 1 aliphatic carbocycles. The van der Waals surface area contributed by atoms with Gasteiger partial charge in [-0.2, -0.15) is 5.26 Å². The highest BCUT2D eigenvalue weighted by atomic mass is 14.4. The van der Waals surface area contributed by atoms with Gasteiger partial charge in [0.05, 0.1) is 11.5 Å². The van der Waals surface area contributed by atoms with Crippen molar-refractivity contribution >= 4 is 0 Å². The molecule has 1 saturated carbocycles. The number of nitriles is 1. The van der Waals surface area contributed by atoms with Crippen LogP contribution in [0.15, 0.2) is 48.5 Å². The summed E-state index contributed by atoms with van der Waals surface area (Å²) in [6.45, 7) is 4.54. The average molecular weight is 472 g/mol. The molecule has 0 unspecified atom stereocenters. The van der Waals surface area contributed by atoms with E-state index in [0.29, 0.717) is 5.92 Å². The van der Waals surface area contributed by atoms with Crippen LogP contribution in [0.3, 0.4) is 0 Å². The van der Waals surface area contributed by atoms with Crippen LogP contribution in [-0.2, 0) is 6.42 Å². The van der Waals surface area contributed by atoms with Gasteiger partial charge in [-0.25, -0.2) is 0 Å². The van der Waals surface area contributed by atoms with Crippen molar-refractivity contribution in [1.29, 1.82) is 5.26 Å². The summed E-state index contributed by atoms with van der Waals surface area (Å²) >= 11 is 0. The van der Waals surface area contributed by atoms with Crippen LogP contribution in [0.4, 0.5) is 0 Å². The molecule has 35 heavy (non-hydrogen) atoms. The standard InChI is InChI=1S/C34H49N/c1-3-5-7-9-10-11-12-14-29-15-17-30(18-16-29)31-19-21-32(22-20-31)33-23-26-34(28-35,27-24-33)25-13-8-6-4-2/h15-22,33H,3-14,23-27H2,1-2H3. The molecular formula is C34H49N. The SMILES string of the molecule is CCCCCCCCCc1ccc(-c2ccc(C3CCC(C#N)(CCCCCC)CC3)cc2)cc1. The molecule has 0 saturated heterocycles. The Labute approximate surface area is 216 Å². The summed E-state index contributed by atoms with van der Waals surface area (Å²) < 4.78 is 0. The van der Waals surface area contributed by atoms with Crippen LogP contribution in [0.2, 0.25) is 0 Å². The molecule has 1 fully saturated rings. The Balaban J connectivity index is 1.45. The maximum absolute atomic E-state index is 9.89. The summed E-state index contributed by atoms with van der Waals surface area (Å²) in [5, 5.41) is 9.89. The van der Waals surface area contributed by atoms with Crippen molar-refractivity contribution in [2.75, 3.05) is 0 Å². The summed E-state index contributed by atoms with van der Waals surface area (Å²) in [7, 11) is 0. The van der Waals surface area contributed by atoms with Gasteiger partial charge in [-0.05, 0) is 73.1 Å². The van der Waals surface area contributed by atoms with Gasteiger partial charge in [0.1, 0.15) is 0 Å². The maximum Gasteiger partial charge on any atom is 0.0689 e. The number of hydrogen-bond donors (Lipinski definition) is 0. The van der Waals surface area contributed by atoms with E-state index in [1.807, 2.05) is 0 Å². The van der Waals surface area contributed by atoms with E-state index in [-0.39, 0.29) is 5.41 Å². The molecule has 0 atom stereocenters. The van der Waals surface area contributed by atoms with Gasteiger partial charge >= 0.3 is 0 Å². The van der Waals surface area contributed by atoms with Crippen molar-refractivity contribution in [2.24, 2.45) is 5.41 Å². The fourth-order valence-corrected chi connectivity index (χ4v) is 5.91. The highest BCUT2D eigenvalue weighted by Crippen LogP contribution is 2.45. The van der Waals surface area contributed by atoms with Gasteiger partial charge in [-0.3, -0.25) is 0 Å². The molecule has 0 bridgehead atoms. The molecule has 0 aromatic heterocycles. The summed E-state index contributed by atoms with van der Waals surface area (Å²) in [6, 6.07) is 21.3. The summed E-state index contributed by atoms with van der Waals surface area (Å²) in [5.41, 5.74) is 5.51. The zero-order chi connectivity index (χ0) is 24.8. The second kappa shape index (κ2) is 15.1. The first-order chi connectivity index (χ1) is 17.2. The van der Waals surface area contributed by atoms with Crippen LogP contribution in [0, 0.1) is 16.7 Å². The predicted octanol–water partition coefficient (Wildman–Crippen LogP) is 10.8. The molecular weight excluding hydrogens is 422 g/mol.